The van der Waals surface area contributed by atoms with Crippen molar-refractivity contribution in [1.29, 1.82) is 10.5 Å². The molecule has 2 aromatic rings. The Morgan fingerprint density at radius 1 is 0.595 bits per heavy atom. The van der Waals surface area contributed by atoms with Crippen LogP contribution in [-0.2, 0) is 44.9 Å². The molecule has 8 nitrogen and oxygen atoms in total. The van der Waals surface area contributed by atoms with Gasteiger partial charge in [-0.15, -0.1) is 22.7 Å². The number of hydrogen-bond donors (Lipinski definition) is 0. The number of carbonyl (C=O) groups excluding carboxylic acids is 4. The number of rotatable bonds is 2. The van der Waals surface area contributed by atoms with Gasteiger partial charge in [0.25, 0.3) is 0 Å². The topological polar surface area (TPSA) is 122 Å². The molecule has 2 saturated heterocycles. The predicted molar refractivity (Wildman–Crippen MR) is 153 cm³/mol. The second-order valence-electron chi connectivity index (χ2n) is 12.8. The van der Waals surface area contributed by atoms with Crippen molar-refractivity contribution in [3.63, 3.8) is 0 Å². The number of amides is 4. The molecule has 0 spiro atoms. The fourth-order valence-corrected chi connectivity index (χ4v) is 12.3. The highest BCUT2D eigenvalue weighted by Gasteiger charge is 2.75. The Balaban J connectivity index is 1.08. The zero-order chi connectivity index (χ0) is 28.6. The molecule has 0 aromatic carbocycles. The first-order valence-electron chi connectivity index (χ1n) is 15.0. The van der Waals surface area contributed by atoms with Gasteiger partial charge in [-0.1, -0.05) is 12.2 Å². The lowest BCUT2D eigenvalue weighted by Gasteiger charge is -2.60. The maximum atomic E-state index is 14.1. The summed E-state index contributed by atoms with van der Waals surface area (Å²) in [5.74, 6) is -4.28. The fraction of sp³-hybridized carbons (Fsp3) is 0.500. The highest BCUT2D eigenvalue weighted by molar-refractivity contribution is 7.17. The summed E-state index contributed by atoms with van der Waals surface area (Å²) in [7, 11) is 0. The summed E-state index contributed by atoms with van der Waals surface area (Å²) in [5, 5.41) is 21.0. The van der Waals surface area contributed by atoms with E-state index >= 15 is 0 Å². The van der Waals surface area contributed by atoms with Gasteiger partial charge < -0.3 is 0 Å². The van der Waals surface area contributed by atoms with E-state index in [2.05, 4.69) is 12.1 Å². The molecule has 4 amide bonds. The van der Waals surface area contributed by atoms with Gasteiger partial charge in [-0.2, -0.15) is 10.5 Å². The van der Waals surface area contributed by atoms with E-state index in [4.69, 9.17) is 0 Å². The van der Waals surface area contributed by atoms with Crippen LogP contribution in [0, 0.1) is 70.0 Å². The highest BCUT2D eigenvalue weighted by atomic mass is 32.1. The molecule has 2 bridgehead atoms. The van der Waals surface area contributed by atoms with E-state index in [9.17, 15) is 29.7 Å². The molecule has 42 heavy (non-hydrogen) atoms. The van der Waals surface area contributed by atoms with Crippen molar-refractivity contribution in [2.24, 2.45) is 47.3 Å². The molecule has 10 heteroatoms. The standard InChI is InChI=1S/C32H26N4O4S2/c33-11-17-13-5-1-3-7-19(13)41-31(17)35-27(37)23-15-9-10-16(24(23)28(35)38)22-21(15)25-26(22)30(40)36(29(25)39)32-18(12-34)14-6-2-4-8-20(14)42-32/h9-10,15-16,21-26H,1-8H2/t15-,16-,21-,22-,23-,24+,25-,26-/m1/s1. The number of fused-ring (bicyclic) bond motifs is 3. The number of allylic oxidation sites excluding steroid dienone is 2. The third-order valence-corrected chi connectivity index (χ3v) is 13.8. The molecule has 4 heterocycles. The van der Waals surface area contributed by atoms with Crippen LogP contribution in [0.15, 0.2) is 12.2 Å². The summed E-state index contributed by atoms with van der Waals surface area (Å²) >= 11 is 2.82. The molecule has 2 aliphatic heterocycles. The van der Waals surface area contributed by atoms with E-state index in [1.807, 2.05) is 12.2 Å². The van der Waals surface area contributed by atoms with Crippen molar-refractivity contribution in [1.82, 2.24) is 0 Å². The highest BCUT2D eigenvalue weighted by Crippen LogP contribution is 2.69. The molecular weight excluding hydrogens is 569 g/mol. The van der Waals surface area contributed by atoms with Crippen molar-refractivity contribution in [3.05, 3.63) is 44.2 Å². The molecule has 2 saturated carbocycles. The first-order chi connectivity index (χ1) is 20.5. The Hall–Kier alpha value is -3.60. The number of thiophene rings is 2. The van der Waals surface area contributed by atoms with Gasteiger partial charge in [0.15, 0.2) is 0 Å². The van der Waals surface area contributed by atoms with Crippen molar-refractivity contribution >= 4 is 56.3 Å². The summed E-state index contributed by atoms with van der Waals surface area (Å²) < 4.78 is 0. The first-order valence-corrected chi connectivity index (χ1v) is 16.6. The Labute approximate surface area is 250 Å². The van der Waals surface area contributed by atoms with Gasteiger partial charge in [-0.3, -0.25) is 19.2 Å². The quantitative estimate of drug-likeness (QED) is 0.378. The minimum Gasteiger partial charge on any atom is -0.274 e. The van der Waals surface area contributed by atoms with E-state index in [-0.39, 0.29) is 47.3 Å². The average Bonchev–Trinajstić information content (AvgIpc) is 3.67. The van der Waals surface area contributed by atoms with E-state index in [0.717, 1.165) is 72.2 Å². The predicted octanol–water partition coefficient (Wildman–Crippen LogP) is 4.28. The van der Waals surface area contributed by atoms with E-state index in [1.54, 1.807) is 0 Å². The molecule has 0 unspecified atom stereocenters. The lowest BCUT2D eigenvalue weighted by Crippen LogP contribution is -2.63. The molecule has 2 aromatic heterocycles. The van der Waals surface area contributed by atoms with Gasteiger partial charge in [-0.05, 0) is 86.2 Å². The smallest absolute Gasteiger partial charge is 0.239 e. The molecule has 8 atom stereocenters. The van der Waals surface area contributed by atoms with Crippen LogP contribution >= 0.6 is 22.7 Å². The van der Waals surface area contributed by atoms with Gasteiger partial charge in [0.05, 0.1) is 34.8 Å². The lowest BCUT2D eigenvalue weighted by atomic mass is 9.40. The van der Waals surface area contributed by atoms with E-state index in [1.165, 1.54) is 32.5 Å². The van der Waals surface area contributed by atoms with Gasteiger partial charge in [-0.25, -0.2) is 9.80 Å². The van der Waals surface area contributed by atoms with Crippen LogP contribution in [0.25, 0.3) is 0 Å². The summed E-state index contributed by atoms with van der Waals surface area (Å²) in [6.45, 7) is 0. The monoisotopic (exact) mass is 594 g/mol. The van der Waals surface area contributed by atoms with Crippen LogP contribution in [0.5, 0.6) is 0 Å². The number of anilines is 2. The molecular formula is C32H26N4O4S2. The van der Waals surface area contributed by atoms with Gasteiger partial charge >= 0.3 is 0 Å². The Morgan fingerprint density at radius 2 is 0.976 bits per heavy atom. The van der Waals surface area contributed by atoms with Crippen LogP contribution in [0.4, 0.5) is 10.0 Å². The van der Waals surface area contributed by atoms with Crippen LogP contribution in [0.3, 0.4) is 0 Å². The van der Waals surface area contributed by atoms with Gasteiger partial charge in [0.1, 0.15) is 22.1 Å². The third kappa shape index (κ3) is 2.81. The number of nitriles is 2. The van der Waals surface area contributed by atoms with Crippen molar-refractivity contribution < 1.29 is 19.2 Å². The Bertz CT molecular complexity index is 1730. The molecule has 4 fully saturated rings. The van der Waals surface area contributed by atoms with Gasteiger partial charge in [0.2, 0.25) is 23.6 Å². The normalized spacial score (nSPS) is 35.3. The SMILES string of the molecule is N#Cc1c(N2C(=O)[C@@H]3[C@@H]4C=C[C@@H]([C@@H]3C2=O)[C@H]2[C@H]3C(=O)N(c5sc6c(c5C#N)CCCC6)C(=O)[C@@H]3[C@H]42)sc2c1CCCC2. The van der Waals surface area contributed by atoms with Gasteiger partial charge in [0, 0.05) is 9.75 Å². The number of carbonyl (C=O) groups is 4. The summed E-state index contributed by atoms with van der Waals surface area (Å²) in [6.07, 6.45) is 11.4. The summed E-state index contributed by atoms with van der Waals surface area (Å²) in [5.41, 5.74) is 2.90. The second kappa shape index (κ2) is 8.49. The number of nitrogens with zero attached hydrogens (tertiary/aromatic N) is 4. The second-order valence-corrected chi connectivity index (χ2v) is 15.0. The van der Waals surface area contributed by atoms with Crippen molar-refractivity contribution in [2.75, 3.05) is 9.80 Å². The molecule has 6 aliphatic carbocycles. The zero-order valence-electron chi connectivity index (χ0n) is 22.7. The minimum atomic E-state index is -0.582. The number of hydrogen-bond acceptors (Lipinski definition) is 8. The molecule has 0 N–H and O–H groups in total. The van der Waals surface area contributed by atoms with Crippen molar-refractivity contribution in [3.8, 4) is 12.1 Å². The van der Waals surface area contributed by atoms with E-state index < -0.39 is 23.7 Å². The molecule has 0 radical (unpaired) electrons. The number of aryl methyl sites for hydroxylation is 2. The Kier molecular flexibility index (Phi) is 5.04. The maximum Gasteiger partial charge on any atom is 0.239 e. The third-order valence-electron chi connectivity index (χ3n) is 11.3. The fourth-order valence-electron chi connectivity index (χ4n) is 9.65. The lowest BCUT2D eigenvalue weighted by molar-refractivity contribution is -0.166. The van der Waals surface area contributed by atoms with Crippen molar-refractivity contribution in [2.45, 2.75) is 51.4 Å². The largest absolute Gasteiger partial charge is 0.274 e. The Morgan fingerprint density at radius 3 is 1.38 bits per heavy atom. The summed E-state index contributed by atoms with van der Waals surface area (Å²) in [6, 6.07) is 4.59. The average molecular weight is 595 g/mol. The maximum absolute atomic E-state index is 14.1. The summed E-state index contributed by atoms with van der Waals surface area (Å²) in [4.78, 5) is 60.9. The van der Waals surface area contributed by atoms with Crippen LogP contribution in [0.2, 0.25) is 0 Å². The molecule has 210 valence electrons. The van der Waals surface area contributed by atoms with Crippen LogP contribution in [0.1, 0.15) is 57.7 Å². The van der Waals surface area contributed by atoms with E-state index in [0.29, 0.717) is 21.1 Å². The molecule has 10 rings (SSSR count). The minimum absolute atomic E-state index is 0.184. The zero-order valence-corrected chi connectivity index (χ0v) is 24.3. The molecule has 8 aliphatic rings. The van der Waals surface area contributed by atoms with Crippen LogP contribution < -0.4 is 9.80 Å². The van der Waals surface area contributed by atoms with Crippen LogP contribution in [-0.4, -0.2) is 23.6 Å². The number of imide groups is 2. The first kappa shape index (κ1) is 24.9.